The zero-order chi connectivity index (χ0) is 6.74. The highest BCUT2D eigenvalue weighted by atomic mass is 16.1. The van der Waals surface area contributed by atoms with Gasteiger partial charge in [-0.2, -0.15) is 0 Å². The first kappa shape index (κ1) is 6.75. The van der Waals surface area contributed by atoms with Gasteiger partial charge in [0.05, 0.1) is 0 Å². The van der Waals surface area contributed by atoms with E-state index in [0.717, 1.165) is 32.1 Å². The molecule has 2 nitrogen and oxygen atoms in total. The SMILES string of the molecule is CNCCC1(C=O)CC1. The first-order valence-corrected chi connectivity index (χ1v) is 3.44. The summed E-state index contributed by atoms with van der Waals surface area (Å²) in [6.07, 6.45) is 4.35. The van der Waals surface area contributed by atoms with Gasteiger partial charge in [-0.15, -0.1) is 0 Å². The maximum atomic E-state index is 10.4. The summed E-state index contributed by atoms with van der Waals surface area (Å²) in [6.45, 7) is 0.971. The maximum Gasteiger partial charge on any atom is 0.126 e. The average Bonchev–Trinajstić information content (AvgIpc) is 2.65. The molecule has 2 heteroatoms. The van der Waals surface area contributed by atoms with Gasteiger partial charge in [0.1, 0.15) is 6.29 Å². The van der Waals surface area contributed by atoms with E-state index in [1.807, 2.05) is 7.05 Å². The fraction of sp³-hybridized carbons (Fsp3) is 0.857. The van der Waals surface area contributed by atoms with Crippen LogP contribution in [0.3, 0.4) is 0 Å². The van der Waals surface area contributed by atoms with Gasteiger partial charge in [-0.25, -0.2) is 0 Å². The molecule has 0 saturated heterocycles. The Kier molecular flexibility index (Phi) is 1.86. The molecule has 0 bridgehead atoms. The van der Waals surface area contributed by atoms with Crippen LogP contribution in [0, 0.1) is 5.41 Å². The van der Waals surface area contributed by atoms with Crippen molar-refractivity contribution in [3.63, 3.8) is 0 Å². The van der Waals surface area contributed by atoms with Crippen LogP contribution in [0.15, 0.2) is 0 Å². The number of hydrogen-bond donors (Lipinski definition) is 1. The predicted molar refractivity (Wildman–Crippen MR) is 36.3 cm³/mol. The summed E-state index contributed by atoms with van der Waals surface area (Å²) < 4.78 is 0. The molecular formula is C7H13NO. The lowest BCUT2D eigenvalue weighted by atomic mass is 10.1. The Balaban J connectivity index is 2.17. The third-order valence-electron chi connectivity index (χ3n) is 2.02. The maximum absolute atomic E-state index is 10.4. The van der Waals surface area contributed by atoms with Gasteiger partial charge in [0.15, 0.2) is 0 Å². The third-order valence-corrected chi connectivity index (χ3v) is 2.02. The van der Waals surface area contributed by atoms with Gasteiger partial charge in [-0.1, -0.05) is 0 Å². The molecule has 0 atom stereocenters. The van der Waals surface area contributed by atoms with Crippen molar-refractivity contribution >= 4 is 6.29 Å². The normalized spacial score (nSPS) is 21.4. The van der Waals surface area contributed by atoms with E-state index in [2.05, 4.69) is 5.32 Å². The van der Waals surface area contributed by atoms with Gasteiger partial charge in [0, 0.05) is 5.41 Å². The second-order valence-electron chi connectivity index (χ2n) is 2.83. The van der Waals surface area contributed by atoms with E-state index < -0.39 is 0 Å². The van der Waals surface area contributed by atoms with Crippen molar-refractivity contribution in [3.8, 4) is 0 Å². The number of carbonyl (C=O) groups excluding carboxylic acids is 1. The number of nitrogens with one attached hydrogen (secondary N) is 1. The van der Waals surface area contributed by atoms with Gasteiger partial charge in [0.2, 0.25) is 0 Å². The van der Waals surface area contributed by atoms with Crippen molar-refractivity contribution < 1.29 is 4.79 Å². The van der Waals surface area contributed by atoms with Crippen LogP contribution < -0.4 is 5.32 Å². The van der Waals surface area contributed by atoms with Crippen molar-refractivity contribution in [2.75, 3.05) is 13.6 Å². The lowest BCUT2D eigenvalue weighted by molar-refractivity contribution is -0.112. The Bertz CT molecular complexity index is 107. The van der Waals surface area contributed by atoms with Crippen molar-refractivity contribution in [2.24, 2.45) is 5.41 Å². The highest BCUT2D eigenvalue weighted by Gasteiger charge is 2.41. The third kappa shape index (κ3) is 1.52. The van der Waals surface area contributed by atoms with Gasteiger partial charge < -0.3 is 10.1 Å². The molecule has 0 amide bonds. The monoisotopic (exact) mass is 127 g/mol. The van der Waals surface area contributed by atoms with Gasteiger partial charge >= 0.3 is 0 Å². The zero-order valence-corrected chi connectivity index (χ0v) is 5.81. The summed E-state index contributed by atoms with van der Waals surface area (Å²) in [5, 5.41) is 3.04. The lowest BCUT2D eigenvalue weighted by Gasteiger charge is -2.03. The molecule has 1 rings (SSSR count). The Labute approximate surface area is 55.6 Å². The first-order chi connectivity index (χ1) is 4.33. The van der Waals surface area contributed by atoms with E-state index in [-0.39, 0.29) is 5.41 Å². The number of hydrogen-bond acceptors (Lipinski definition) is 2. The Morgan fingerprint density at radius 1 is 1.67 bits per heavy atom. The van der Waals surface area contributed by atoms with Crippen molar-refractivity contribution in [3.05, 3.63) is 0 Å². The summed E-state index contributed by atoms with van der Waals surface area (Å²) in [6, 6.07) is 0. The largest absolute Gasteiger partial charge is 0.320 e. The summed E-state index contributed by atoms with van der Waals surface area (Å²) in [5.41, 5.74) is 0.100. The van der Waals surface area contributed by atoms with Crippen LogP contribution in [0.4, 0.5) is 0 Å². The van der Waals surface area contributed by atoms with Gasteiger partial charge in [-0.3, -0.25) is 0 Å². The van der Waals surface area contributed by atoms with E-state index in [1.165, 1.54) is 0 Å². The summed E-state index contributed by atoms with van der Waals surface area (Å²) in [5.74, 6) is 0. The van der Waals surface area contributed by atoms with E-state index in [0.29, 0.717) is 0 Å². The topological polar surface area (TPSA) is 29.1 Å². The molecule has 1 N–H and O–H groups in total. The highest BCUT2D eigenvalue weighted by Crippen LogP contribution is 2.46. The van der Waals surface area contributed by atoms with Crippen LogP contribution >= 0.6 is 0 Å². The number of aldehydes is 1. The minimum absolute atomic E-state index is 0.100. The zero-order valence-electron chi connectivity index (χ0n) is 5.81. The molecule has 0 spiro atoms. The summed E-state index contributed by atoms with van der Waals surface area (Å²) >= 11 is 0. The molecule has 1 aliphatic rings. The molecular weight excluding hydrogens is 114 g/mol. The van der Waals surface area contributed by atoms with Gasteiger partial charge in [0.25, 0.3) is 0 Å². The molecule has 1 saturated carbocycles. The molecule has 0 aromatic rings. The van der Waals surface area contributed by atoms with Crippen LogP contribution in [0.5, 0.6) is 0 Å². The smallest absolute Gasteiger partial charge is 0.126 e. The minimum Gasteiger partial charge on any atom is -0.320 e. The summed E-state index contributed by atoms with van der Waals surface area (Å²) in [4.78, 5) is 10.4. The Hall–Kier alpha value is -0.370. The van der Waals surface area contributed by atoms with E-state index in [1.54, 1.807) is 0 Å². The molecule has 0 aromatic heterocycles. The molecule has 52 valence electrons. The van der Waals surface area contributed by atoms with Crippen molar-refractivity contribution in [1.82, 2.24) is 5.32 Å². The van der Waals surface area contributed by atoms with Crippen LogP contribution in [-0.2, 0) is 4.79 Å². The Morgan fingerprint density at radius 3 is 2.67 bits per heavy atom. The predicted octanol–water partition coefficient (Wildman–Crippen LogP) is 0.575. The average molecular weight is 127 g/mol. The van der Waals surface area contributed by atoms with Crippen LogP contribution in [0.1, 0.15) is 19.3 Å². The molecule has 1 fully saturated rings. The second-order valence-corrected chi connectivity index (χ2v) is 2.83. The molecule has 0 unspecified atom stereocenters. The molecule has 0 heterocycles. The van der Waals surface area contributed by atoms with E-state index in [9.17, 15) is 4.79 Å². The Morgan fingerprint density at radius 2 is 2.33 bits per heavy atom. The van der Waals surface area contributed by atoms with Crippen LogP contribution in [0.2, 0.25) is 0 Å². The van der Waals surface area contributed by atoms with Crippen LogP contribution in [-0.4, -0.2) is 19.9 Å². The molecule has 1 aliphatic carbocycles. The minimum atomic E-state index is 0.100. The highest BCUT2D eigenvalue weighted by molar-refractivity contribution is 5.63. The lowest BCUT2D eigenvalue weighted by Crippen LogP contribution is -2.14. The first-order valence-electron chi connectivity index (χ1n) is 3.44. The number of carbonyl (C=O) groups is 1. The van der Waals surface area contributed by atoms with Crippen molar-refractivity contribution in [2.45, 2.75) is 19.3 Å². The molecule has 9 heavy (non-hydrogen) atoms. The molecule has 0 aliphatic heterocycles. The van der Waals surface area contributed by atoms with E-state index >= 15 is 0 Å². The summed E-state index contributed by atoms with van der Waals surface area (Å²) in [7, 11) is 1.92. The van der Waals surface area contributed by atoms with E-state index in [4.69, 9.17) is 0 Å². The molecule has 0 aromatic carbocycles. The standard InChI is InChI=1S/C7H13NO/c1-8-5-4-7(6-9)2-3-7/h6,8H,2-5H2,1H3. The quantitative estimate of drug-likeness (QED) is 0.559. The van der Waals surface area contributed by atoms with Crippen molar-refractivity contribution in [1.29, 1.82) is 0 Å². The van der Waals surface area contributed by atoms with Crippen LogP contribution in [0.25, 0.3) is 0 Å². The molecule has 0 radical (unpaired) electrons. The fourth-order valence-electron chi connectivity index (χ4n) is 0.961. The van der Waals surface area contributed by atoms with Gasteiger partial charge in [-0.05, 0) is 32.9 Å². The second kappa shape index (κ2) is 2.48. The number of rotatable bonds is 4. The fourth-order valence-corrected chi connectivity index (χ4v) is 0.961.